The third-order valence-electron chi connectivity index (χ3n) is 3.35. The van der Waals surface area contributed by atoms with E-state index < -0.39 is 0 Å². The van der Waals surface area contributed by atoms with Crippen molar-refractivity contribution in [2.45, 2.75) is 26.9 Å². The molecule has 0 bridgehead atoms. The van der Waals surface area contributed by atoms with Crippen LogP contribution in [0.2, 0.25) is 0 Å². The number of aryl methyl sites for hydroxylation is 2. The Balaban J connectivity index is 1.96. The maximum absolute atomic E-state index is 13.2. The van der Waals surface area contributed by atoms with E-state index in [9.17, 15) is 4.39 Å². The van der Waals surface area contributed by atoms with E-state index in [1.54, 1.807) is 24.5 Å². The number of nitrogens with zero attached hydrogens (tertiary/aromatic N) is 3. The lowest BCUT2D eigenvalue weighted by atomic mass is 10.2. The predicted octanol–water partition coefficient (Wildman–Crippen LogP) is 3.11. The molecule has 0 fully saturated rings. The predicted molar refractivity (Wildman–Crippen MR) is 89.7 cm³/mol. The molecule has 1 aromatic carbocycles. The molecule has 0 aliphatic carbocycles. The van der Waals surface area contributed by atoms with Gasteiger partial charge in [0.25, 0.3) is 0 Å². The van der Waals surface area contributed by atoms with Gasteiger partial charge in [-0.1, -0.05) is 12.1 Å². The molecule has 1 aromatic heterocycles. The van der Waals surface area contributed by atoms with Gasteiger partial charge in [0.2, 0.25) is 0 Å². The molecule has 1 heterocycles. The molecular formula is C16H21FN4S. The van der Waals surface area contributed by atoms with Crippen LogP contribution in [0.5, 0.6) is 0 Å². The number of guanidine groups is 1. The molecular weight excluding hydrogens is 299 g/mol. The number of rotatable bonds is 4. The van der Waals surface area contributed by atoms with E-state index in [2.05, 4.69) is 22.2 Å². The molecule has 118 valence electrons. The summed E-state index contributed by atoms with van der Waals surface area (Å²) in [6.07, 6.45) is 0. The third kappa shape index (κ3) is 4.27. The summed E-state index contributed by atoms with van der Waals surface area (Å²) in [6, 6.07) is 6.61. The molecule has 0 unspecified atom stereocenters. The minimum Gasteiger partial charge on any atom is -0.350 e. The molecule has 1 N–H and O–H groups in total. The molecule has 0 saturated heterocycles. The van der Waals surface area contributed by atoms with Gasteiger partial charge in [-0.15, -0.1) is 11.3 Å². The Morgan fingerprint density at radius 2 is 2.18 bits per heavy atom. The first kappa shape index (κ1) is 16.4. The Bertz CT molecular complexity index is 646. The van der Waals surface area contributed by atoms with Gasteiger partial charge in [-0.05, 0) is 31.5 Å². The number of hydrogen-bond donors (Lipinski definition) is 1. The van der Waals surface area contributed by atoms with Crippen molar-refractivity contribution in [3.8, 4) is 0 Å². The van der Waals surface area contributed by atoms with E-state index in [1.165, 1.54) is 17.0 Å². The second kappa shape index (κ2) is 7.35. The lowest BCUT2D eigenvalue weighted by molar-refractivity contribution is 0.474. The minimum absolute atomic E-state index is 0.220. The maximum atomic E-state index is 13.2. The van der Waals surface area contributed by atoms with E-state index in [4.69, 9.17) is 0 Å². The van der Waals surface area contributed by atoms with Gasteiger partial charge in [-0.3, -0.25) is 4.99 Å². The molecule has 6 heteroatoms. The zero-order valence-corrected chi connectivity index (χ0v) is 14.2. The van der Waals surface area contributed by atoms with Crippen LogP contribution < -0.4 is 5.32 Å². The summed E-state index contributed by atoms with van der Waals surface area (Å²) in [5.74, 6) is 0.539. The average molecular weight is 320 g/mol. The number of thiazole rings is 1. The van der Waals surface area contributed by atoms with Crippen molar-refractivity contribution < 1.29 is 4.39 Å². The summed E-state index contributed by atoms with van der Waals surface area (Å²) in [5.41, 5.74) is 1.98. The van der Waals surface area contributed by atoms with Crippen LogP contribution in [0, 0.1) is 19.7 Å². The highest BCUT2D eigenvalue weighted by atomic mass is 32.1. The highest BCUT2D eigenvalue weighted by molar-refractivity contribution is 7.11. The summed E-state index contributed by atoms with van der Waals surface area (Å²) >= 11 is 1.69. The van der Waals surface area contributed by atoms with Crippen molar-refractivity contribution in [1.29, 1.82) is 0 Å². The highest BCUT2D eigenvalue weighted by Crippen LogP contribution is 2.16. The van der Waals surface area contributed by atoms with Crippen LogP contribution in [0.25, 0.3) is 0 Å². The van der Waals surface area contributed by atoms with E-state index >= 15 is 0 Å². The fourth-order valence-corrected chi connectivity index (χ4v) is 3.01. The van der Waals surface area contributed by atoms with Crippen molar-refractivity contribution in [1.82, 2.24) is 15.2 Å². The normalized spacial score (nSPS) is 11.6. The first-order valence-electron chi connectivity index (χ1n) is 7.08. The van der Waals surface area contributed by atoms with Gasteiger partial charge < -0.3 is 10.2 Å². The average Bonchev–Trinajstić information content (AvgIpc) is 2.78. The minimum atomic E-state index is -0.220. The molecule has 2 aromatic rings. The van der Waals surface area contributed by atoms with Crippen molar-refractivity contribution in [3.63, 3.8) is 0 Å². The van der Waals surface area contributed by atoms with Gasteiger partial charge in [0.05, 0.1) is 12.2 Å². The van der Waals surface area contributed by atoms with E-state index in [0.29, 0.717) is 13.1 Å². The highest BCUT2D eigenvalue weighted by Gasteiger charge is 2.09. The third-order valence-corrected chi connectivity index (χ3v) is 4.43. The molecule has 0 spiro atoms. The number of halogens is 1. The summed E-state index contributed by atoms with van der Waals surface area (Å²) in [7, 11) is 3.67. The lowest BCUT2D eigenvalue weighted by Gasteiger charge is -2.21. The number of aliphatic imine (C=N–C) groups is 1. The number of hydrogen-bond acceptors (Lipinski definition) is 3. The van der Waals surface area contributed by atoms with E-state index in [-0.39, 0.29) is 5.82 Å². The fraction of sp³-hybridized carbons (Fsp3) is 0.375. The van der Waals surface area contributed by atoms with Gasteiger partial charge in [0.1, 0.15) is 10.8 Å². The summed E-state index contributed by atoms with van der Waals surface area (Å²) in [6.45, 7) is 5.31. The van der Waals surface area contributed by atoms with Crippen LogP contribution in [0.1, 0.15) is 21.1 Å². The lowest BCUT2D eigenvalue weighted by Crippen LogP contribution is -2.38. The topological polar surface area (TPSA) is 40.5 Å². The zero-order chi connectivity index (χ0) is 16.1. The molecule has 0 amide bonds. The number of aromatic nitrogens is 1. The van der Waals surface area contributed by atoms with Crippen LogP contribution in [0.4, 0.5) is 4.39 Å². The quantitative estimate of drug-likeness (QED) is 0.695. The van der Waals surface area contributed by atoms with Crippen molar-refractivity contribution in [2.24, 2.45) is 4.99 Å². The second-order valence-corrected chi connectivity index (χ2v) is 6.42. The molecule has 0 saturated carbocycles. The van der Waals surface area contributed by atoms with Gasteiger partial charge in [-0.2, -0.15) is 0 Å². The molecule has 0 aliphatic rings. The first-order chi connectivity index (χ1) is 10.5. The fourth-order valence-electron chi connectivity index (χ4n) is 2.14. The van der Waals surface area contributed by atoms with Gasteiger partial charge >= 0.3 is 0 Å². The van der Waals surface area contributed by atoms with Crippen molar-refractivity contribution in [2.75, 3.05) is 14.1 Å². The standard InChI is InChI=1S/C16H21FN4S/c1-11-12(2)22-15(20-11)9-19-16(18-3)21(4)10-13-6-5-7-14(17)8-13/h5-8H,9-10H2,1-4H3,(H,18,19). The van der Waals surface area contributed by atoms with Crippen LogP contribution in [-0.2, 0) is 13.1 Å². The van der Waals surface area contributed by atoms with Gasteiger partial charge in [0.15, 0.2) is 5.96 Å². The van der Waals surface area contributed by atoms with E-state index in [0.717, 1.165) is 22.2 Å². The van der Waals surface area contributed by atoms with Crippen LogP contribution in [-0.4, -0.2) is 29.9 Å². The monoisotopic (exact) mass is 320 g/mol. The number of nitrogens with one attached hydrogen (secondary N) is 1. The zero-order valence-electron chi connectivity index (χ0n) is 13.4. The molecule has 0 aliphatic heterocycles. The molecule has 4 nitrogen and oxygen atoms in total. The van der Waals surface area contributed by atoms with Crippen molar-refractivity contribution in [3.05, 3.63) is 51.2 Å². The van der Waals surface area contributed by atoms with Crippen molar-refractivity contribution >= 4 is 17.3 Å². The van der Waals surface area contributed by atoms with Crippen LogP contribution >= 0.6 is 11.3 Å². The molecule has 2 rings (SSSR count). The Kier molecular flexibility index (Phi) is 5.49. The van der Waals surface area contributed by atoms with Gasteiger partial charge in [0, 0.05) is 25.5 Å². The van der Waals surface area contributed by atoms with Crippen LogP contribution in [0.3, 0.4) is 0 Å². The SMILES string of the molecule is CN=C(NCc1nc(C)c(C)s1)N(C)Cc1cccc(F)c1. The number of benzene rings is 1. The molecule has 0 atom stereocenters. The second-order valence-electron chi connectivity index (χ2n) is 5.14. The Morgan fingerprint density at radius 3 is 2.77 bits per heavy atom. The summed E-state index contributed by atoms with van der Waals surface area (Å²) in [5, 5.41) is 4.33. The largest absolute Gasteiger partial charge is 0.350 e. The summed E-state index contributed by atoms with van der Waals surface area (Å²) < 4.78 is 13.2. The maximum Gasteiger partial charge on any atom is 0.194 e. The molecule has 22 heavy (non-hydrogen) atoms. The Hall–Kier alpha value is -1.95. The van der Waals surface area contributed by atoms with Gasteiger partial charge in [-0.25, -0.2) is 9.37 Å². The van der Waals surface area contributed by atoms with E-state index in [1.807, 2.05) is 24.9 Å². The smallest absolute Gasteiger partial charge is 0.194 e. The van der Waals surface area contributed by atoms with Crippen LogP contribution in [0.15, 0.2) is 29.3 Å². The summed E-state index contributed by atoms with van der Waals surface area (Å²) in [4.78, 5) is 12.0. The molecule has 0 radical (unpaired) electrons. The Labute approximate surface area is 134 Å². The Morgan fingerprint density at radius 1 is 1.41 bits per heavy atom. The first-order valence-corrected chi connectivity index (χ1v) is 7.90.